The van der Waals surface area contributed by atoms with E-state index in [9.17, 15) is 4.39 Å². The molecule has 0 saturated carbocycles. The van der Waals surface area contributed by atoms with Crippen molar-refractivity contribution in [2.24, 2.45) is 5.92 Å². The van der Waals surface area contributed by atoms with Crippen LogP contribution < -0.4 is 4.74 Å². The molecule has 0 aromatic heterocycles. The minimum Gasteiger partial charge on any atom is -0.486 e. The average Bonchev–Trinajstić information content (AvgIpc) is 2.62. The highest BCUT2D eigenvalue weighted by molar-refractivity contribution is 5.67. The molecule has 3 rings (SSSR count). The minimum atomic E-state index is -0.293. The largest absolute Gasteiger partial charge is 0.486 e. The molecule has 0 spiro atoms. The number of nitrogens with zero attached hydrogens (tertiary/aromatic N) is 1. The van der Waals surface area contributed by atoms with Crippen LogP contribution in [0.1, 0.15) is 31.4 Å². The minimum absolute atomic E-state index is 0.293. The highest BCUT2D eigenvalue weighted by Crippen LogP contribution is 2.27. The quantitative estimate of drug-likeness (QED) is 0.722. The SMILES string of the molecule is CC(C)CN1CC=C(c2ccc(OCc3ccccc3)c(F)c2)CC1. The van der Waals surface area contributed by atoms with Gasteiger partial charge in [0.05, 0.1) is 0 Å². The van der Waals surface area contributed by atoms with E-state index in [0.29, 0.717) is 18.3 Å². The van der Waals surface area contributed by atoms with Gasteiger partial charge in [-0.15, -0.1) is 0 Å². The van der Waals surface area contributed by atoms with Crippen molar-refractivity contribution in [2.75, 3.05) is 19.6 Å². The van der Waals surface area contributed by atoms with Gasteiger partial charge in [0.1, 0.15) is 6.61 Å². The Morgan fingerprint density at radius 3 is 2.56 bits per heavy atom. The molecule has 0 aliphatic carbocycles. The van der Waals surface area contributed by atoms with E-state index >= 15 is 0 Å². The molecule has 132 valence electrons. The zero-order valence-electron chi connectivity index (χ0n) is 15.0. The molecule has 0 atom stereocenters. The number of ether oxygens (including phenoxy) is 1. The summed E-state index contributed by atoms with van der Waals surface area (Å²) >= 11 is 0. The van der Waals surface area contributed by atoms with Crippen LogP contribution in [0.5, 0.6) is 5.75 Å². The second kappa shape index (κ2) is 8.30. The molecule has 0 bridgehead atoms. The Morgan fingerprint density at radius 2 is 1.92 bits per heavy atom. The fraction of sp³-hybridized carbons (Fsp3) is 0.364. The molecule has 0 N–H and O–H groups in total. The summed E-state index contributed by atoms with van der Waals surface area (Å²) < 4.78 is 20.0. The average molecular weight is 339 g/mol. The summed E-state index contributed by atoms with van der Waals surface area (Å²) in [7, 11) is 0. The van der Waals surface area contributed by atoms with E-state index in [1.165, 1.54) is 5.57 Å². The summed E-state index contributed by atoms with van der Waals surface area (Å²) in [5.74, 6) is 0.692. The van der Waals surface area contributed by atoms with Crippen molar-refractivity contribution in [1.82, 2.24) is 4.90 Å². The first kappa shape index (κ1) is 17.7. The van der Waals surface area contributed by atoms with Crippen molar-refractivity contribution >= 4 is 5.57 Å². The molecule has 0 amide bonds. The van der Waals surface area contributed by atoms with Crippen LogP contribution in [0.3, 0.4) is 0 Å². The third kappa shape index (κ3) is 4.93. The lowest BCUT2D eigenvalue weighted by Crippen LogP contribution is -2.31. The summed E-state index contributed by atoms with van der Waals surface area (Å²) in [5, 5.41) is 0. The maximum atomic E-state index is 14.4. The normalized spacial score (nSPS) is 15.3. The number of halogens is 1. The first-order valence-corrected chi connectivity index (χ1v) is 9.00. The number of hydrogen-bond acceptors (Lipinski definition) is 2. The van der Waals surface area contributed by atoms with Crippen LogP contribution in [0.15, 0.2) is 54.6 Å². The predicted octanol–water partition coefficient (Wildman–Crippen LogP) is 5.15. The topological polar surface area (TPSA) is 12.5 Å². The second-order valence-electron chi connectivity index (χ2n) is 7.05. The molecule has 3 heteroatoms. The van der Waals surface area contributed by atoms with Gasteiger partial charge in [-0.25, -0.2) is 4.39 Å². The second-order valence-corrected chi connectivity index (χ2v) is 7.05. The third-order valence-corrected chi connectivity index (χ3v) is 4.46. The zero-order valence-corrected chi connectivity index (χ0v) is 15.0. The van der Waals surface area contributed by atoms with Gasteiger partial charge >= 0.3 is 0 Å². The summed E-state index contributed by atoms with van der Waals surface area (Å²) in [4.78, 5) is 2.45. The van der Waals surface area contributed by atoms with E-state index in [1.54, 1.807) is 12.1 Å². The number of benzene rings is 2. The molecule has 25 heavy (non-hydrogen) atoms. The molecule has 2 aromatic rings. The standard InChI is InChI=1S/C22H26FNO/c1-17(2)15-24-12-10-19(11-13-24)20-8-9-22(21(23)14-20)25-16-18-6-4-3-5-7-18/h3-10,14,17H,11-13,15-16H2,1-2H3. The maximum absolute atomic E-state index is 14.4. The molecule has 1 aliphatic heterocycles. The summed E-state index contributed by atoms with van der Waals surface area (Å²) in [6.07, 6.45) is 3.20. The highest BCUT2D eigenvalue weighted by Gasteiger charge is 2.15. The lowest BCUT2D eigenvalue weighted by molar-refractivity contribution is 0.268. The van der Waals surface area contributed by atoms with Gasteiger partial charge in [0.2, 0.25) is 0 Å². The molecule has 2 nitrogen and oxygen atoms in total. The van der Waals surface area contributed by atoms with E-state index in [4.69, 9.17) is 4.74 Å². The molecular formula is C22H26FNO. The van der Waals surface area contributed by atoms with Crippen molar-refractivity contribution in [3.63, 3.8) is 0 Å². The van der Waals surface area contributed by atoms with Crippen LogP contribution in [0.25, 0.3) is 5.57 Å². The Labute approximate surface area is 149 Å². The van der Waals surface area contributed by atoms with Crippen LogP contribution in [-0.2, 0) is 6.61 Å². The van der Waals surface area contributed by atoms with E-state index in [2.05, 4.69) is 24.8 Å². The Hall–Kier alpha value is -2.13. The van der Waals surface area contributed by atoms with E-state index in [0.717, 1.165) is 37.2 Å². The Kier molecular flexibility index (Phi) is 5.87. The molecule has 0 fully saturated rings. The van der Waals surface area contributed by atoms with Gasteiger partial charge in [-0.05, 0) is 41.2 Å². The fourth-order valence-corrected chi connectivity index (χ4v) is 3.21. The van der Waals surface area contributed by atoms with E-state index in [1.807, 2.05) is 36.4 Å². The summed E-state index contributed by atoms with van der Waals surface area (Å²) in [6.45, 7) is 7.96. The van der Waals surface area contributed by atoms with Gasteiger partial charge in [-0.3, -0.25) is 4.90 Å². The van der Waals surface area contributed by atoms with Crippen molar-refractivity contribution in [3.05, 3.63) is 71.6 Å². The number of hydrogen-bond donors (Lipinski definition) is 0. The van der Waals surface area contributed by atoms with Crippen LogP contribution >= 0.6 is 0 Å². The molecule has 2 aromatic carbocycles. The highest BCUT2D eigenvalue weighted by atomic mass is 19.1. The van der Waals surface area contributed by atoms with Gasteiger partial charge in [0.25, 0.3) is 0 Å². The van der Waals surface area contributed by atoms with Gasteiger partial charge in [0, 0.05) is 19.6 Å². The van der Waals surface area contributed by atoms with Gasteiger partial charge in [-0.2, -0.15) is 0 Å². The van der Waals surface area contributed by atoms with Gasteiger partial charge in [0.15, 0.2) is 11.6 Å². The van der Waals surface area contributed by atoms with Crippen LogP contribution in [-0.4, -0.2) is 24.5 Å². The molecular weight excluding hydrogens is 313 g/mol. The first-order chi connectivity index (χ1) is 12.1. The van der Waals surface area contributed by atoms with Crippen molar-refractivity contribution in [3.8, 4) is 5.75 Å². The Bertz CT molecular complexity index is 724. The first-order valence-electron chi connectivity index (χ1n) is 9.00. The Balaban J connectivity index is 1.63. The molecule has 1 heterocycles. The van der Waals surface area contributed by atoms with Crippen LogP contribution in [0.4, 0.5) is 4.39 Å². The fourth-order valence-electron chi connectivity index (χ4n) is 3.21. The van der Waals surface area contributed by atoms with Crippen molar-refractivity contribution in [1.29, 1.82) is 0 Å². The molecule has 0 radical (unpaired) electrons. The lowest BCUT2D eigenvalue weighted by atomic mass is 9.98. The van der Waals surface area contributed by atoms with Crippen molar-refractivity contribution < 1.29 is 9.13 Å². The smallest absolute Gasteiger partial charge is 0.165 e. The van der Waals surface area contributed by atoms with Gasteiger partial charge < -0.3 is 4.74 Å². The molecule has 0 unspecified atom stereocenters. The van der Waals surface area contributed by atoms with E-state index < -0.39 is 0 Å². The lowest BCUT2D eigenvalue weighted by Gasteiger charge is -2.28. The number of rotatable bonds is 6. The molecule has 1 aliphatic rings. The molecule has 0 saturated heterocycles. The summed E-state index contributed by atoms with van der Waals surface area (Å²) in [6, 6.07) is 15.1. The summed E-state index contributed by atoms with van der Waals surface area (Å²) in [5.41, 5.74) is 3.23. The monoisotopic (exact) mass is 339 g/mol. The maximum Gasteiger partial charge on any atom is 0.165 e. The Morgan fingerprint density at radius 1 is 1.12 bits per heavy atom. The van der Waals surface area contributed by atoms with Crippen LogP contribution in [0.2, 0.25) is 0 Å². The van der Waals surface area contributed by atoms with Crippen molar-refractivity contribution in [2.45, 2.75) is 26.9 Å². The van der Waals surface area contributed by atoms with Crippen LogP contribution in [0, 0.1) is 11.7 Å². The third-order valence-electron chi connectivity index (χ3n) is 4.46. The zero-order chi connectivity index (χ0) is 17.6. The van der Waals surface area contributed by atoms with Gasteiger partial charge in [-0.1, -0.05) is 56.3 Å². The van der Waals surface area contributed by atoms with E-state index in [-0.39, 0.29) is 5.82 Å². The predicted molar refractivity (Wildman–Crippen MR) is 101 cm³/mol.